The van der Waals surface area contributed by atoms with Crippen molar-refractivity contribution in [1.29, 1.82) is 0 Å². The van der Waals surface area contributed by atoms with Crippen LogP contribution < -0.4 is 15.4 Å². The number of alkyl carbamates (subject to hydrolysis) is 2. The molecule has 0 saturated carbocycles. The molecule has 6 heterocycles. The molecular weight excluding hydrogens is 827 g/mol. The first kappa shape index (κ1) is 43.2. The molecule has 2 fully saturated rings. The van der Waals surface area contributed by atoms with Crippen molar-refractivity contribution in [1.82, 2.24) is 45.4 Å². The van der Waals surface area contributed by atoms with Gasteiger partial charge in [0.25, 0.3) is 0 Å². The lowest BCUT2D eigenvalue weighted by Gasteiger charge is -2.30. The average Bonchev–Trinajstić information content (AvgIpc) is 4.18. The molecule has 0 radical (unpaired) electrons. The van der Waals surface area contributed by atoms with Crippen LogP contribution in [-0.2, 0) is 19.1 Å². The Morgan fingerprint density at radius 1 is 0.708 bits per heavy atom. The molecule has 4 amide bonds. The third-order valence-electron chi connectivity index (χ3n) is 13.0. The number of likely N-dealkylation sites (tertiary alicyclic amines) is 2. The van der Waals surface area contributed by atoms with Crippen molar-refractivity contribution < 1.29 is 33.4 Å². The SMILES string of the molecule is COC(=O)N[C@H](C(=O)N1CCC[C@H]1c1ncc(-c2ccc3c(c2)OC(c2ccccc2)c2c-3[nH]c3ccc(-c4cnc([C@@H]5CCCN5C(=O)[C@@H](NC(=O)OC)C(C)C)[nH]4)cc23)[nH]1)C(C)C. The molecule has 3 aliphatic rings. The van der Waals surface area contributed by atoms with Crippen molar-refractivity contribution >= 4 is 34.9 Å². The lowest BCUT2D eigenvalue weighted by Crippen LogP contribution is -2.51. The number of aromatic amines is 3. The van der Waals surface area contributed by atoms with Crippen molar-refractivity contribution in [3.05, 3.63) is 102 Å². The van der Waals surface area contributed by atoms with Crippen LogP contribution in [0, 0.1) is 11.8 Å². The standard InChI is InChI=1S/C49H55N9O7/c1-26(2)40(55-48(61)63-5)46(59)57-20-10-14-36(57)44-50-24-34(53-44)29-17-19-33-32(22-29)39-42(52-33)31-18-16-30(23-38(31)65-43(39)28-12-8-7-9-13-28)35-25-51-45(54-35)37-15-11-21-58(37)47(60)41(27(3)4)56-49(62)64-6/h7-9,12-13,16-19,22-27,36-37,40-41,43,52H,10-11,14-15,20-21H2,1-6H3,(H,50,53)(H,51,54)(H,55,61)(H,56,62)/t36-,37-,40-,41-,43?/m0/s1. The van der Waals surface area contributed by atoms with Gasteiger partial charge in [-0.1, -0.05) is 70.2 Å². The Balaban J connectivity index is 1.01. The molecule has 0 aliphatic carbocycles. The first-order valence-electron chi connectivity index (χ1n) is 22.4. The van der Waals surface area contributed by atoms with E-state index in [-0.39, 0.29) is 35.7 Å². The van der Waals surface area contributed by atoms with E-state index in [2.05, 4.69) is 62.0 Å². The predicted molar refractivity (Wildman–Crippen MR) is 244 cm³/mol. The van der Waals surface area contributed by atoms with Gasteiger partial charge in [0, 0.05) is 46.2 Å². The van der Waals surface area contributed by atoms with Crippen LogP contribution >= 0.6 is 0 Å². The van der Waals surface area contributed by atoms with Crippen LogP contribution in [-0.4, -0.2) is 98.1 Å². The number of fused-ring (bicyclic) bond motifs is 5. The van der Waals surface area contributed by atoms with Gasteiger partial charge in [0.2, 0.25) is 11.8 Å². The summed E-state index contributed by atoms with van der Waals surface area (Å²) in [5.41, 5.74) is 8.32. The van der Waals surface area contributed by atoms with Crippen molar-refractivity contribution in [2.24, 2.45) is 11.8 Å². The Morgan fingerprint density at radius 3 is 1.78 bits per heavy atom. The van der Waals surface area contributed by atoms with Gasteiger partial charge < -0.3 is 49.6 Å². The van der Waals surface area contributed by atoms with Crippen LogP contribution in [0.5, 0.6) is 5.75 Å². The highest BCUT2D eigenvalue weighted by atomic mass is 16.5. The van der Waals surface area contributed by atoms with E-state index in [4.69, 9.17) is 24.2 Å². The van der Waals surface area contributed by atoms with Gasteiger partial charge in [-0.25, -0.2) is 19.6 Å². The maximum atomic E-state index is 13.8. The number of methoxy groups -OCH3 is 2. The summed E-state index contributed by atoms with van der Waals surface area (Å²) in [4.78, 5) is 75.7. The summed E-state index contributed by atoms with van der Waals surface area (Å²) in [6.07, 6.45) is 5.06. The zero-order valence-electron chi connectivity index (χ0n) is 37.4. The van der Waals surface area contributed by atoms with E-state index in [1.807, 2.05) is 69.1 Å². The molecule has 2 saturated heterocycles. The van der Waals surface area contributed by atoms with Crippen LogP contribution in [0.25, 0.3) is 44.7 Å². The number of H-pyrrole nitrogens is 3. The highest BCUT2D eigenvalue weighted by molar-refractivity contribution is 5.96. The number of ether oxygens (including phenoxy) is 3. The van der Waals surface area contributed by atoms with Crippen molar-refractivity contribution in [2.75, 3.05) is 27.3 Å². The summed E-state index contributed by atoms with van der Waals surface area (Å²) in [6.45, 7) is 8.74. The zero-order valence-corrected chi connectivity index (χ0v) is 37.4. The van der Waals surface area contributed by atoms with Crippen molar-refractivity contribution in [3.63, 3.8) is 0 Å². The fourth-order valence-corrected chi connectivity index (χ4v) is 9.60. The van der Waals surface area contributed by atoms with Crippen LogP contribution in [0.3, 0.4) is 0 Å². The molecule has 65 heavy (non-hydrogen) atoms. The minimum Gasteiger partial charge on any atom is -0.480 e. The quantitative estimate of drug-likeness (QED) is 0.0851. The lowest BCUT2D eigenvalue weighted by molar-refractivity contribution is -0.136. The predicted octanol–water partition coefficient (Wildman–Crippen LogP) is 8.19. The number of nitrogens with one attached hydrogen (secondary N) is 5. The molecule has 16 heteroatoms. The zero-order chi connectivity index (χ0) is 45.5. The number of benzene rings is 3. The number of hydrogen-bond acceptors (Lipinski definition) is 9. The number of carbonyl (C=O) groups is 4. The number of amides is 4. The fourth-order valence-electron chi connectivity index (χ4n) is 9.60. The first-order chi connectivity index (χ1) is 31.4. The van der Waals surface area contributed by atoms with Crippen LogP contribution in [0.4, 0.5) is 9.59 Å². The van der Waals surface area contributed by atoms with Gasteiger partial charge in [0.15, 0.2) is 6.10 Å². The Bertz CT molecular complexity index is 2740. The van der Waals surface area contributed by atoms with E-state index in [9.17, 15) is 19.2 Å². The molecule has 338 valence electrons. The molecule has 9 rings (SSSR count). The van der Waals surface area contributed by atoms with Crippen molar-refractivity contribution in [2.45, 2.75) is 83.6 Å². The number of imidazole rings is 2. The Labute approximate surface area is 376 Å². The first-order valence-corrected chi connectivity index (χ1v) is 22.4. The summed E-state index contributed by atoms with van der Waals surface area (Å²) in [6, 6.07) is 20.7. The maximum Gasteiger partial charge on any atom is 0.407 e. The highest BCUT2D eigenvalue weighted by Crippen LogP contribution is 2.49. The Hall–Kier alpha value is -7.10. The van der Waals surface area contributed by atoms with Gasteiger partial charge in [0.1, 0.15) is 29.5 Å². The van der Waals surface area contributed by atoms with E-state index in [0.29, 0.717) is 30.5 Å². The van der Waals surface area contributed by atoms with E-state index in [1.165, 1.54) is 14.2 Å². The van der Waals surface area contributed by atoms with Gasteiger partial charge in [-0.3, -0.25) is 9.59 Å². The van der Waals surface area contributed by atoms with E-state index in [1.54, 1.807) is 11.1 Å². The fraction of sp³-hybridized carbons (Fsp3) is 0.388. The monoisotopic (exact) mass is 881 g/mol. The molecule has 6 aromatic rings. The molecule has 0 spiro atoms. The normalized spacial score (nSPS) is 18.9. The second-order valence-corrected chi connectivity index (χ2v) is 17.8. The molecule has 3 aromatic heterocycles. The largest absolute Gasteiger partial charge is 0.480 e. The molecule has 5 atom stereocenters. The van der Waals surface area contributed by atoms with Gasteiger partial charge in [0.05, 0.1) is 55.8 Å². The van der Waals surface area contributed by atoms with Crippen molar-refractivity contribution in [3.8, 4) is 39.5 Å². The van der Waals surface area contributed by atoms with Crippen LogP contribution in [0.1, 0.15) is 94.3 Å². The second-order valence-electron chi connectivity index (χ2n) is 17.8. The van der Waals surface area contributed by atoms with E-state index >= 15 is 0 Å². The molecule has 5 N–H and O–H groups in total. The molecule has 3 aromatic carbocycles. The second kappa shape index (κ2) is 17.8. The van der Waals surface area contributed by atoms with Gasteiger partial charge in [-0.15, -0.1) is 0 Å². The van der Waals surface area contributed by atoms with E-state index < -0.39 is 30.4 Å². The topological polar surface area (TPSA) is 200 Å². The van der Waals surface area contributed by atoms with Gasteiger partial charge in [-0.2, -0.15) is 0 Å². The maximum absolute atomic E-state index is 13.8. The smallest absolute Gasteiger partial charge is 0.407 e. The summed E-state index contributed by atoms with van der Waals surface area (Å²) in [7, 11) is 2.58. The molecule has 3 aliphatic heterocycles. The van der Waals surface area contributed by atoms with E-state index in [0.717, 1.165) is 81.5 Å². The number of hydrogen-bond donors (Lipinski definition) is 5. The summed E-state index contributed by atoms with van der Waals surface area (Å²) in [5, 5.41) is 6.45. The Kier molecular flexibility index (Phi) is 11.8. The molecular formula is C49H55N9O7. The van der Waals surface area contributed by atoms with Gasteiger partial charge >= 0.3 is 12.2 Å². The summed E-state index contributed by atoms with van der Waals surface area (Å²) >= 11 is 0. The Morgan fingerprint density at radius 2 is 1.25 bits per heavy atom. The number of rotatable bonds is 11. The third-order valence-corrected chi connectivity index (χ3v) is 13.0. The number of carbonyl (C=O) groups excluding carboxylic acids is 4. The lowest BCUT2D eigenvalue weighted by atomic mass is 9.91. The van der Waals surface area contributed by atoms with Crippen LogP contribution in [0.15, 0.2) is 79.1 Å². The number of aromatic nitrogens is 5. The molecule has 16 nitrogen and oxygen atoms in total. The average molecular weight is 882 g/mol. The summed E-state index contributed by atoms with van der Waals surface area (Å²) in [5.74, 6) is 1.52. The molecule has 0 bridgehead atoms. The third kappa shape index (κ3) is 8.17. The minimum absolute atomic E-state index is 0.132. The van der Waals surface area contributed by atoms with Gasteiger partial charge in [-0.05, 0) is 67.3 Å². The van der Waals surface area contributed by atoms with Crippen LogP contribution in [0.2, 0.25) is 0 Å². The minimum atomic E-state index is -0.721. The highest BCUT2D eigenvalue weighted by Gasteiger charge is 2.39. The summed E-state index contributed by atoms with van der Waals surface area (Å²) < 4.78 is 16.6. The number of nitrogens with zero attached hydrogens (tertiary/aromatic N) is 4. The molecule has 1 unspecified atom stereocenters.